The largest absolute Gasteiger partial charge is 0.491 e. The van der Waals surface area contributed by atoms with Gasteiger partial charge in [0.1, 0.15) is 12.4 Å². The normalized spacial score (nSPS) is 10.1. The van der Waals surface area contributed by atoms with Gasteiger partial charge in [-0.15, -0.1) is 0 Å². The zero-order chi connectivity index (χ0) is 10.4. The maximum Gasteiger partial charge on any atom is 0.119 e. The minimum atomic E-state index is 0.581. The average molecular weight is 195 g/mol. The highest BCUT2D eigenvalue weighted by Gasteiger charge is 1.97. The Hall–Kier alpha value is -1.22. The molecule has 0 aromatic heterocycles. The van der Waals surface area contributed by atoms with E-state index in [1.165, 1.54) is 0 Å². The fourth-order valence-corrected chi connectivity index (χ4v) is 1.10. The zero-order valence-corrected chi connectivity index (χ0v) is 8.75. The molecule has 1 aromatic rings. The number of rotatable bonds is 5. The van der Waals surface area contributed by atoms with Gasteiger partial charge in [0.15, 0.2) is 0 Å². The van der Waals surface area contributed by atoms with Gasteiger partial charge in [-0.2, -0.15) is 0 Å². The van der Waals surface area contributed by atoms with Crippen LogP contribution in [0, 0.1) is 6.92 Å². The molecule has 0 radical (unpaired) electrons. The van der Waals surface area contributed by atoms with Crippen molar-refractivity contribution < 1.29 is 9.47 Å². The molecule has 3 nitrogen and oxygen atoms in total. The molecule has 1 rings (SSSR count). The van der Waals surface area contributed by atoms with Crippen molar-refractivity contribution in [3.05, 3.63) is 23.8 Å². The summed E-state index contributed by atoms with van der Waals surface area (Å²) in [6.45, 7) is 5.86. The molecule has 0 aliphatic heterocycles. The number of benzene rings is 1. The molecular formula is C11H17NO2. The molecule has 0 aliphatic carbocycles. The van der Waals surface area contributed by atoms with Gasteiger partial charge < -0.3 is 15.2 Å². The molecular weight excluding hydrogens is 178 g/mol. The third-order valence-corrected chi connectivity index (χ3v) is 1.94. The van der Waals surface area contributed by atoms with Gasteiger partial charge in [0.25, 0.3) is 0 Å². The van der Waals surface area contributed by atoms with E-state index in [0.29, 0.717) is 13.2 Å². The fraction of sp³-hybridized carbons (Fsp3) is 0.455. The molecule has 3 heteroatoms. The van der Waals surface area contributed by atoms with Crippen LogP contribution in [-0.4, -0.2) is 19.8 Å². The van der Waals surface area contributed by atoms with E-state index < -0.39 is 0 Å². The quantitative estimate of drug-likeness (QED) is 0.577. The van der Waals surface area contributed by atoms with Crippen molar-refractivity contribution >= 4 is 5.69 Å². The molecule has 0 bridgehead atoms. The molecule has 1 aromatic carbocycles. The molecule has 0 amide bonds. The van der Waals surface area contributed by atoms with Crippen LogP contribution in [0.1, 0.15) is 12.5 Å². The lowest BCUT2D eigenvalue weighted by atomic mass is 10.2. The molecule has 0 aliphatic rings. The van der Waals surface area contributed by atoms with Gasteiger partial charge in [-0.1, -0.05) is 0 Å². The van der Waals surface area contributed by atoms with E-state index in [0.717, 1.165) is 23.6 Å². The molecule has 0 saturated heterocycles. The molecule has 0 heterocycles. The summed E-state index contributed by atoms with van der Waals surface area (Å²) >= 11 is 0. The van der Waals surface area contributed by atoms with Crippen LogP contribution in [-0.2, 0) is 4.74 Å². The van der Waals surface area contributed by atoms with Gasteiger partial charge in [-0.25, -0.2) is 0 Å². The smallest absolute Gasteiger partial charge is 0.119 e. The number of anilines is 1. The number of hydrogen-bond acceptors (Lipinski definition) is 3. The Morgan fingerprint density at radius 1 is 1.29 bits per heavy atom. The summed E-state index contributed by atoms with van der Waals surface area (Å²) in [7, 11) is 0. The predicted octanol–water partition coefficient (Wildman–Crippen LogP) is 1.99. The minimum absolute atomic E-state index is 0.581. The molecule has 0 unspecified atom stereocenters. The van der Waals surface area contributed by atoms with Crippen molar-refractivity contribution in [2.45, 2.75) is 13.8 Å². The van der Waals surface area contributed by atoms with Gasteiger partial charge in [0.05, 0.1) is 6.61 Å². The molecule has 78 valence electrons. The molecule has 2 N–H and O–H groups in total. The third kappa shape index (κ3) is 3.26. The highest BCUT2D eigenvalue weighted by Crippen LogP contribution is 2.18. The number of nitrogen functional groups attached to an aromatic ring is 1. The van der Waals surface area contributed by atoms with Crippen LogP contribution >= 0.6 is 0 Å². The van der Waals surface area contributed by atoms with Crippen molar-refractivity contribution in [1.29, 1.82) is 0 Å². The monoisotopic (exact) mass is 195 g/mol. The maximum absolute atomic E-state index is 5.68. The van der Waals surface area contributed by atoms with Crippen molar-refractivity contribution in [3.8, 4) is 5.75 Å². The molecule has 0 fully saturated rings. The van der Waals surface area contributed by atoms with Crippen LogP contribution < -0.4 is 10.5 Å². The minimum Gasteiger partial charge on any atom is -0.491 e. The number of ether oxygens (including phenoxy) is 2. The first kappa shape index (κ1) is 10.9. The first-order chi connectivity index (χ1) is 6.74. The number of hydrogen-bond donors (Lipinski definition) is 1. The Morgan fingerprint density at radius 2 is 2.07 bits per heavy atom. The highest BCUT2D eigenvalue weighted by molar-refractivity contribution is 5.49. The van der Waals surface area contributed by atoms with E-state index in [2.05, 4.69) is 0 Å². The van der Waals surface area contributed by atoms with E-state index >= 15 is 0 Å². The van der Waals surface area contributed by atoms with E-state index in [4.69, 9.17) is 15.2 Å². The predicted molar refractivity (Wildman–Crippen MR) is 57.6 cm³/mol. The van der Waals surface area contributed by atoms with Gasteiger partial charge in [0, 0.05) is 12.3 Å². The second-order valence-corrected chi connectivity index (χ2v) is 3.06. The maximum atomic E-state index is 5.68. The lowest BCUT2D eigenvalue weighted by molar-refractivity contribution is 0.110. The lowest BCUT2D eigenvalue weighted by Gasteiger charge is -2.07. The van der Waals surface area contributed by atoms with Crippen LogP contribution in [0.5, 0.6) is 5.75 Å². The fourth-order valence-electron chi connectivity index (χ4n) is 1.10. The Kier molecular flexibility index (Phi) is 4.26. The SMILES string of the molecule is CCOCCOc1ccc(N)c(C)c1. The first-order valence-electron chi connectivity index (χ1n) is 4.80. The Bertz CT molecular complexity index is 287. The molecule has 0 spiro atoms. The molecule has 0 atom stereocenters. The summed E-state index contributed by atoms with van der Waals surface area (Å²) in [5, 5.41) is 0. The van der Waals surface area contributed by atoms with E-state index in [9.17, 15) is 0 Å². The second kappa shape index (κ2) is 5.50. The Balaban J connectivity index is 2.39. The summed E-state index contributed by atoms with van der Waals surface area (Å²) in [5.41, 5.74) is 7.52. The van der Waals surface area contributed by atoms with Crippen LogP contribution in [0.15, 0.2) is 18.2 Å². The van der Waals surface area contributed by atoms with Crippen LogP contribution in [0.3, 0.4) is 0 Å². The van der Waals surface area contributed by atoms with Crippen molar-refractivity contribution in [3.63, 3.8) is 0 Å². The van der Waals surface area contributed by atoms with Gasteiger partial charge in [0.2, 0.25) is 0 Å². The van der Waals surface area contributed by atoms with Gasteiger partial charge in [-0.3, -0.25) is 0 Å². The lowest BCUT2D eigenvalue weighted by Crippen LogP contribution is -2.06. The summed E-state index contributed by atoms with van der Waals surface area (Å²) in [4.78, 5) is 0. The highest BCUT2D eigenvalue weighted by atomic mass is 16.5. The van der Waals surface area contributed by atoms with Crippen LogP contribution in [0.4, 0.5) is 5.69 Å². The Labute approximate surface area is 84.8 Å². The van der Waals surface area contributed by atoms with Gasteiger partial charge >= 0.3 is 0 Å². The van der Waals surface area contributed by atoms with Crippen LogP contribution in [0.2, 0.25) is 0 Å². The van der Waals surface area contributed by atoms with E-state index in [1.807, 2.05) is 32.0 Å². The van der Waals surface area contributed by atoms with Gasteiger partial charge in [-0.05, 0) is 37.6 Å². The van der Waals surface area contributed by atoms with Crippen molar-refractivity contribution in [1.82, 2.24) is 0 Å². The molecule has 14 heavy (non-hydrogen) atoms. The first-order valence-corrected chi connectivity index (χ1v) is 4.80. The standard InChI is InChI=1S/C11H17NO2/c1-3-13-6-7-14-10-4-5-11(12)9(2)8-10/h4-5,8H,3,6-7,12H2,1-2H3. The second-order valence-electron chi connectivity index (χ2n) is 3.06. The summed E-state index contributed by atoms with van der Waals surface area (Å²) in [5.74, 6) is 0.844. The molecule has 0 saturated carbocycles. The summed E-state index contributed by atoms with van der Waals surface area (Å²) < 4.78 is 10.6. The Morgan fingerprint density at radius 3 is 2.71 bits per heavy atom. The van der Waals surface area contributed by atoms with Crippen LogP contribution in [0.25, 0.3) is 0 Å². The number of nitrogens with two attached hydrogens (primary N) is 1. The van der Waals surface area contributed by atoms with Crippen molar-refractivity contribution in [2.24, 2.45) is 0 Å². The van der Waals surface area contributed by atoms with E-state index in [1.54, 1.807) is 0 Å². The third-order valence-electron chi connectivity index (χ3n) is 1.94. The zero-order valence-electron chi connectivity index (χ0n) is 8.75. The summed E-state index contributed by atoms with van der Waals surface area (Å²) in [6.07, 6.45) is 0. The van der Waals surface area contributed by atoms with Crippen molar-refractivity contribution in [2.75, 3.05) is 25.6 Å². The summed E-state index contributed by atoms with van der Waals surface area (Å²) in [6, 6.07) is 5.65. The average Bonchev–Trinajstić information content (AvgIpc) is 2.18. The topological polar surface area (TPSA) is 44.5 Å². The van der Waals surface area contributed by atoms with E-state index in [-0.39, 0.29) is 0 Å². The number of aryl methyl sites for hydroxylation is 1.